The number of alkyl halides is 3. The Morgan fingerprint density at radius 2 is 2.00 bits per heavy atom. The molecule has 31 heavy (non-hydrogen) atoms. The van der Waals surface area contributed by atoms with Crippen LogP contribution in [0.5, 0.6) is 0 Å². The van der Waals surface area contributed by atoms with E-state index in [2.05, 4.69) is 20.5 Å². The molecule has 1 N–H and O–H groups in total. The minimum Gasteiger partial charge on any atom is -0.398 e. The maximum Gasteiger partial charge on any atom is 0.402 e. The van der Waals surface area contributed by atoms with Crippen molar-refractivity contribution in [3.05, 3.63) is 69.1 Å². The summed E-state index contributed by atoms with van der Waals surface area (Å²) >= 11 is 12.0. The molecule has 164 valence electrons. The van der Waals surface area contributed by atoms with Gasteiger partial charge in [-0.15, -0.1) is 0 Å². The van der Waals surface area contributed by atoms with Crippen molar-refractivity contribution in [2.24, 2.45) is 5.16 Å². The first kappa shape index (κ1) is 22.9. The predicted molar refractivity (Wildman–Crippen MR) is 110 cm³/mol. The fourth-order valence-electron chi connectivity index (χ4n) is 3.42. The van der Waals surface area contributed by atoms with Crippen molar-refractivity contribution < 1.29 is 27.3 Å². The molecule has 1 heterocycles. The summed E-state index contributed by atoms with van der Waals surface area (Å²) < 4.78 is 48.8. The van der Waals surface area contributed by atoms with Crippen molar-refractivity contribution in [2.45, 2.75) is 24.9 Å². The van der Waals surface area contributed by atoms with Crippen LogP contribution in [0.3, 0.4) is 0 Å². The molecule has 0 saturated heterocycles. The number of hydrogen-bond donors (Lipinski definition) is 1. The van der Waals surface area contributed by atoms with Gasteiger partial charge in [-0.1, -0.05) is 39.6 Å². The predicted octanol–water partition coefficient (Wildman–Crippen LogP) is 5.29. The second-order valence-electron chi connectivity index (χ2n) is 6.74. The molecular formula is C20H16Cl2F3N3O3. The quantitative estimate of drug-likeness (QED) is 0.363. The number of hydrogen-bond acceptors (Lipinski definition) is 5. The molecule has 0 bridgehead atoms. The van der Waals surface area contributed by atoms with Gasteiger partial charge in [-0.25, -0.2) is 0 Å². The van der Waals surface area contributed by atoms with Gasteiger partial charge in [-0.2, -0.15) is 13.2 Å². The van der Waals surface area contributed by atoms with Gasteiger partial charge in [0.2, 0.25) is 0 Å². The van der Waals surface area contributed by atoms with Crippen molar-refractivity contribution >= 4 is 41.0 Å². The van der Waals surface area contributed by atoms with Crippen LogP contribution < -0.4 is 5.32 Å². The molecule has 0 saturated carbocycles. The number of oxime groups is 1. The number of benzene rings is 1. The second kappa shape index (κ2) is 8.76. The molecule has 11 heteroatoms. The van der Waals surface area contributed by atoms with E-state index in [1.807, 2.05) is 0 Å². The molecule has 1 unspecified atom stereocenters. The molecule has 1 aromatic heterocycles. The average molecular weight is 474 g/mol. The fourth-order valence-corrected chi connectivity index (χ4v) is 3.95. The lowest BCUT2D eigenvalue weighted by Crippen LogP contribution is -2.44. The largest absolute Gasteiger partial charge is 0.402 e. The number of rotatable bonds is 5. The summed E-state index contributed by atoms with van der Waals surface area (Å²) in [6.07, 6.45) is -2.28. The van der Waals surface area contributed by atoms with Gasteiger partial charge in [0.1, 0.15) is 30.8 Å². The second-order valence-corrected chi connectivity index (χ2v) is 7.61. The minimum absolute atomic E-state index is 0.0343. The van der Waals surface area contributed by atoms with Crippen molar-refractivity contribution in [2.75, 3.05) is 7.11 Å². The molecule has 3 rings (SSSR count). The number of nitrogens with one attached hydrogen (secondary N) is 1. The third-order valence-electron chi connectivity index (χ3n) is 4.93. The summed E-state index contributed by atoms with van der Waals surface area (Å²) in [4.78, 5) is 17.2. The number of halogens is 5. The van der Waals surface area contributed by atoms with Crippen molar-refractivity contribution in [1.29, 1.82) is 0 Å². The molecule has 0 radical (unpaired) electrons. The highest BCUT2D eigenvalue weighted by molar-refractivity contribution is 6.34. The molecule has 0 spiro atoms. The fraction of sp³-hybridized carbons (Fsp3) is 0.250. The Balaban J connectivity index is 2.27. The molecule has 6 nitrogen and oxygen atoms in total. The monoisotopic (exact) mass is 473 g/mol. The maximum absolute atomic E-state index is 14.7. The molecule has 0 fully saturated rings. The van der Waals surface area contributed by atoms with Crippen LogP contribution in [0.1, 0.15) is 24.6 Å². The van der Waals surface area contributed by atoms with E-state index in [4.69, 9.17) is 27.7 Å². The first-order valence-electron chi connectivity index (χ1n) is 8.82. The van der Waals surface area contributed by atoms with E-state index in [1.165, 1.54) is 44.6 Å². The van der Waals surface area contributed by atoms with Crippen LogP contribution in [0, 0.1) is 0 Å². The topological polar surface area (TPSA) is 76.7 Å². The van der Waals surface area contributed by atoms with E-state index >= 15 is 0 Å². The Morgan fingerprint density at radius 1 is 1.32 bits per heavy atom. The summed E-state index contributed by atoms with van der Waals surface area (Å²) in [6.45, 7) is 1.54. The van der Waals surface area contributed by atoms with E-state index in [0.717, 1.165) is 12.4 Å². The van der Waals surface area contributed by atoms with Gasteiger partial charge < -0.3 is 14.7 Å². The van der Waals surface area contributed by atoms with E-state index in [0.29, 0.717) is 5.57 Å². The van der Waals surface area contributed by atoms with Crippen LogP contribution >= 0.6 is 23.2 Å². The van der Waals surface area contributed by atoms with Crippen molar-refractivity contribution in [3.8, 4) is 0 Å². The van der Waals surface area contributed by atoms with E-state index < -0.39 is 23.9 Å². The highest BCUT2D eigenvalue weighted by Crippen LogP contribution is 2.53. The third-order valence-corrected chi connectivity index (χ3v) is 5.37. The number of aromatic nitrogens is 1. The Labute approximate surface area is 185 Å². The highest BCUT2D eigenvalue weighted by atomic mass is 35.5. The molecule has 0 aliphatic heterocycles. The Morgan fingerprint density at radius 3 is 2.55 bits per heavy atom. The Hall–Kier alpha value is -2.78. The third kappa shape index (κ3) is 4.47. The van der Waals surface area contributed by atoms with Crippen LogP contribution in [-0.2, 0) is 15.0 Å². The summed E-state index contributed by atoms with van der Waals surface area (Å²) in [5, 5.41) is 9.52. The van der Waals surface area contributed by atoms with Gasteiger partial charge in [-0.05, 0) is 48.3 Å². The van der Waals surface area contributed by atoms with Crippen molar-refractivity contribution in [3.63, 3.8) is 0 Å². The van der Waals surface area contributed by atoms with Gasteiger partial charge in [0.05, 0.1) is 0 Å². The van der Waals surface area contributed by atoms with Gasteiger partial charge in [-0.3, -0.25) is 4.79 Å². The first-order valence-corrected chi connectivity index (χ1v) is 9.57. The van der Waals surface area contributed by atoms with Crippen LogP contribution in [0.2, 0.25) is 10.0 Å². The molecule has 1 aromatic carbocycles. The van der Waals surface area contributed by atoms with E-state index in [-0.39, 0.29) is 32.4 Å². The van der Waals surface area contributed by atoms with E-state index in [9.17, 15) is 18.0 Å². The van der Waals surface area contributed by atoms with Crippen molar-refractivity contribution in [1.82, 2.24) is 10.5 Å². The first-order chi connectivity index (χ1) is 14.6. The lowest BCUT2D eigenvalue weighted by atomic mass is 9.68. The van der Waals surface area contributed by atoms with E-state index in [1.54, 1.807) is 0 Å². The number of amides is 1. The number of allylic oxidation sites excluding steroid dienone is 2. The van der Waals surface area contributed by atoms with Crippen LogP contribution in [-0.4, -0.2) is 30.7 Å². The van der Waals surface area contributed by atoms with Gasteiger partial charge in [0, 0.05) is 21.7 Å². The molecule has 2 aromatic rings. The highest BCUT2D eigenvalue weighted by Gasteiger charge is 2.57. The summed E-state index contributed by atoms with van der Waals surface area (Å²) in [5.41, 5.74) is -2.32. The molecule has 1 aliphatic rings. The smallest absolute Gasteiger partial charge is 0.398 e. The Bertz CT molecular complexity index is 1060. The van der Waals surface area contributed by atoms with Crippen LogP contribution in [0.25, 0.3) is 5.57 Å². The normalized spacial score (nSPS) is 19.5. The Kier molecular flexibility index (Phi) is 6.47. The standard InChI is InChI=1S/C20H16Cl2F3N3O3/c1-11-15(17-3-4-31-28-17)8-19(20(23,24)25,12-5-13(21)7-14(22)6-12)9-16(11)18(29)26-10-27-30-2/h3-7,9-10H,8H2,1-2H3,(H,26,27,29). The molecule has 1 aliphatic carbocycles. The van der Waals surface area contributed by atoms with Crippen LogP contribution in [0.4, 0.5) is 13.2 Å². The van der Waals surface area contributed by atoms with Gasteiger partial charge >= 0.3 is 6.18 Å². The molecule has 1 atom stereocenters. The summed E-state index contributed by atoms with van der Waals surface area (Å²) in [5.74, 6) is -0.805. The molecular weight excluding hydrogens is 458 g/mol. The maximum atomic E-state index is 14.7. The summed E-state index contributed by atoms with van der Waals surface area (Å²) in [7, 11) is 1.26. The minimum atomic E-state index is -4.80. The zero-order valence-corrected chi connectivity index (χ0v) is 17.8. The SMILES string of the molecule is CO/N=C/NC(=O)C1=CC(c2cc(Cl)cc(Cl)c2)(C(F)(F)F)CC(c2ccon2)=C1C. The zero-order chi connectivity index (χ0) is 22.8. The zero-order valence-electron chi connectivity index (χ0n) is 16.3. The lowest BCUT2D eigenvalue weighted by molar-refractivity contribution is -0.175. The summed E-state index contributed by atoms with van der Waals surface area (Å²) in [6, 6.07) is 5.12. The number of carbonyl (C=O) groups excluding carboxylic acids is 1. The lowest BCUT2D eigenvalue weighted by Gasteiger charge is -2.38. The van der Waals surface area contributed by atoms with Gasteiger partial charge in [0.25, 0.3) is 5.91 Å². The van der Waals surface area contributed by atoms with Crippen LogP contribution in [0.15, 0.2) is 57.4 Å². The molecule has 1 amide bonds. The number of nitrogens with zero attached hydrogens (tertiary/aromatic N) is 2. The average Bonchev–Trinajstić information content (AvgIpc) is 3.21. The van der Waals surface area contributed by atoms with Gasteiger partial charge in [0.15, 0.2) is 0 Å². The number of carbonyl (C=O) groups is 1.